The van der Waals surface area contributed by atoms with Gasteiger partial charge in [0.1, 0.15) is 6.29 Å². The van der Waals surface area contributed by atoms with E-state index in [1.54, 1.807) is 7.11 Å². The van der Waals surface area contributed by atoms with Gasteiger partial charge in [0, 0.05) is 12.5 Å². The SMILES string of the molecule is COCC1(C)CCC(Cl)CC1.O=CC1=CCCCC1. The number of carbonyl (C=O) groups excluding carboxylic acids is 1. The summed E-state index contributed by atoms with van der Waals surface area (Å²) < 4.78 is 5.18. The van der Waals surface area contributed by atoms with E-state index in [4.69, 9.17) is 16.3 Å². The number of methoxy groups -OCH3 is 1. The first-order valence-electron chi connectivity index (χ1n) is 7.37. The van der Waals surface area contributed by atoms with Crippen LogP contribution >= 0.6 is 11.6 Å². The molecule has 2 rings (SSSR count). The number of hydrogen-bond acceptors (Lipinski definition) is 2. The molecule has 0 bridgehead atoms. The number of hydrogen-bond donors (Lipinski definition) is 0. The first-order valence-corrected chi connectivity index (χ1v) is 7.80. The highest BCUT2D eigenvalue weighted by atomic mass is 35.5. The topological polar surface area (TPSA) is 26.3 Å². The fourth-order valence-electron chi connectivity index (χ4n) is 2.74. The molecule has 0 radical (unpaired) electrons. The summed E-state index contributed by atoms with van der Waals surface area (Å²) in [6, 6.07) is 0. The summed E-state index contributed by atoms with van der Waals surface area (Å²) in [5.74, 6) is 0. The maximum Gasteiger partial charge on any atom is 0.145 e. The average molecular weight is 287 g/mol. The molecule has 2 aliphatic carbocycles. The second kappa shape index (κ2) is 8.76. The number of carbonyl (C=O) groups is 1. The van der Waals surface area contributed by atoms with Crippen LogP contribution in [0.15, 0.2) is 11.6 Å². The van der Waals surface area contributed by atoms with Gasteiger partial charge in [-0.25, -0.2) is 0 Å². The van der Waals surface area contributed by atoms with Crippen LogP contribution in [0.5, 0.6) is 0 Å². The Morgan fingerprint density at radius 1 is 1.42 bits per heavy atom. The molecule has 0 N–H and O–H groups in total. The maximum atomic E-state index is 10.1. The van der Waals surface area contributed by atoms with Crippen LogP contribution in [0.4, 0.5) is 0 Å². The van der Waals surface area contributed by atoms with Gasteiger partial charge in [-0.15, -0.1) is 11.6 Å². The normalized spacial score (nSPS) is 30.9. The van der Waals surface area contributed by atoms with Crippen molar-refractivity contribution in [2.45, 2.75) is 63.7 Å². The second-order valence-corrected chi connectivity index (χ2v) is 6.68. The third kappa shape index (κ3) is 6.58. The number of halogens is 1. The third-order valence-corrected chi connectivity index (χ3v) is 4.53. The molecule has 19 heavy (non-hydrogen) atoms. The summed E-state index contributed by atoms with van der Waals surface area (Å²) in [5.41, 5.74) is 1.40. The zero-order chi connectivity index (χ0) is 14.1. The fraction of sp³-hybridized carbons (Fsp3) is 0.812. The van der Waals surface area contributed by atoms with Crippen molar-refractivity contribution >= 4 is 17.9 Å². The van der Waals surface area contributed by atoms with E-state index in [1.165, 1.54) is 25.7 Å². The lowest BCUT2D eigenvalue weighted by Crippen LogP contribution is -2.28. The lowest BCUT2D eigenvalue weighted by Gasteiger charge is -2.34. The van der Waals surface area contributed by atoms with Crippen molar-refractivity contribution in [2.24, 2.45) is 5.41 Å². The van der Waals surface area contributed by atoms with Crippen LogP contribution in [0.25, 0.3) is 0 Å². The largest absolute Gasteiger partial charge is 0.384 e. The smallest absolute Gasteiger partial charge is 0.145 e. The number of aldehydes is 1. The summed E-state index contributed by atoms with van der Waals surface area (Å²) in [4.78, 5) is 10.1. The van der Waals surface area contributed by atoms with Crippen LogP contribution in [0, 0.1) is 5.41 Å². The lowest BCUT2D eigenvalue weighted by atomic mass is 9.76. The Morgan fingerprint density at radius 2 is 2.11 bits per heavy atom. The van der Waals surface area contributed by atoms with E-state index in [2.05, 4.69) is 6.92 Å². The Bertz CT molecular complexity index is 291. The van der Waals surface area contributed by atoms with Gasteiger partial charge in [-0.05, 0) is 62.4 Å². The molecule has 0 saturated heterocycles. The van der Waals surface area contributed by atoms with Crippen LogP contribution in [0.3, 0.4) is 0 Å². The molecule has 110 valence electrons. The number of alkyl halides is 1. The van der Waals surface area contributed by atoms with Gasteiger partial charge in [0.2, 0.25) is 0 Å². The number of allylic oxidation sites excluding steroid dienone is 2. The van der Waals surface area contributed by atoms with Crippen molar-refractivity contribution in [3.63, 3.8) is 0 Å². The van der Waals surface area contributed by atoms with Crippen LogP contribution in [0.2, 0.25) is 0 Å². The molecule has 0 atom stereocenters. The highest BCUT2D eigenvalue weighted by Crippen LogP contribution is 2.37. The third-order valence-electron chi connectivity index (χ3n) is 4.09. The van der Waals surface area contributed by atoms with Crippen molar-refractivity contribution in [3.05, 3.63) is 11.6 Å². The van der Waals surface area contributed by atoms with Gasteiger partial charge in [-0.1, -0.05) is 13.0 Å². The van der Waals surface area contributed by atoms with Crippen molar-refractivity contribution < 1.29 is 9.53 Å². The Balaban J connectivity index is 0.000000200. The minimum absolute atomic E-state index is 0.403. The first kappa shape index (κ1) is 16.7. The van der Waals surface area contributed by atoms with Gasteiger partial charge in [-0.3, -0.25) is 4.79 Å². The molecule has 3 heteroatoms. The van der Waals surface area contributed by atoms with Crippen LogP contribution in [0.1, 0.15) is 58.3 Å². The van der Waals surface area contributed by atoms with E-state index in [9.17, 15) is 4.79 Å². The second-order valence-electron chi connectivity index (χ2n) is 6.06. The zero-order valence-electron chi connectivity index (χ0n) is 12.3. The summed E-state index contributed by atoms with van der Waals surface area (Å²) in [5, 5.41) is 0.417. The Morgan fingerprint density at radius 3 is 2.53 bits per heavy atom. The van der Waals surface area contributed by atoms with Gasteiger partial charge in [0.15, 0.2) is 0 Å². The van der Waals surface area contributed by atoms with Gasteiger partial charge in [0.25, 0.3) is 0 Å². The molecule has 0 unspecified atom stereocenters. The summed E-state index contributed by atoms with van der Waals surface area (Å²) in [6.07, 6.45) is 12.3. The Labute approximate surface area is 122 Å². The van der Waals surface area contributed by atoms with Gasteiger partial charge in [-0.2, -0.15) is 0 Å². The first-order chi connectivity index (χ1) is 9.09. The van der Waals surface area contributed by atoms with E-state index in [1.807, 2.05) is 6.08 Å². The van der Waals surface area contributed by atoms with E-state index in [-0.39, 0.29) is 0 Å². The van der Waals surface area contributed by atoms with E-state index < -0.39 is 0 Å². The molecular formula is C16H27ClO2. The average Bonchev–Trinajstić information content (AvgIpc) is 2.44. The van der Waals surface area contributed by atoms with Crippen LogP contribution < -0.4 is 0 Å². The van der Waals surface area contributed by atoms with Crippen molar-refractivity contribution in [1.29, 1.82) is 0 Å². The summed E-state index contributed by atoms with van der Waals surface area (Å²) >= 11 is 6.00. The van der Waals surface area contributed by atoms with E-state index in [0.717, 1.165) is 44.1 Å². The Kier molecular flexibility index (Phi) is 7.70. The molecule has 0 heterocycles. The minimum atomic E-state index is 0.403. The molecule has 0 aromatic rings. The quantitative estimate of drug-likeness (QED) is 0.564. The predicted molar refractivity (Wildman–Crippen MR) is 80.7 cm³/mol. The van der Waals surface area contributed by atoms with E-state index in [0.29, 0.717) is 10.8 Å². The van der Waals surface area contributed by atoms with Gasteiger partial charge < -0.3 is 4.74 Å². The molecule has 1 fully saturated rings. The predicted octanol–water partition coefficient (Wildman–Crippen LogP) is 4.51. The molecule has 2 nitrogen and oxygen atoms in total. The van der Waals surface area contributed by atoms with Crippen molar-refractivity contribution in [1.82, 2.24) is 0 Å². The molecule has 0 aromatic carbocycles. The van der Waals surface area contributed by atoms with Gasteiger partial charge >= 0.3 is 0 Å². The molecule has 0 aromatic heterocycles. The molecular weight excluding hydrogens is 260 g/mol. The van der Waals surface area contributed by atoms with Crippen molar-refractivity contribution in [3.8, 4) is 0 Å². The number of ether oxygens (including phenoxy) is 1. The molecule has 0 aliphatic heterocycles. The van der Waals surface area contributed by atoms with Crippen LogP contribution in [-0.2, 0) is 9.53 Å². The monoisotopic (exact) mass is 286 g/mol. The van der Waals surface area contributed by atoms with Gasteiger partial charge in [0.05, 0.1) is 6.61 Å². The standard InChI is InChI=1S/C9H17ClO.C7H10O/c1-9(7-11-2)5-3-8(10)4-6-9;8-6-7-4-2-1-3-5-7/h8H,3-7H2,1-2H3;4,6H,1-3,5H2. The van der Waals surface area contributed by atoms with E-state index >= 15 is 0 Å². The lowest BCUT2D eigenvalue weighted by molar-refractivity contribution is -0.105. The molecule has 1 saturated carbocycles. The fourth-order valence-corrected chi connectivity index (χ4v) is 2.96. The molecule has 2 aliphatic rings. The molecule has 0 amide bonds. The summed E-state index contributed by atoms with van der Waals surface area (Å²) in [6.45, 7) is 3.18. The zero-order valence-corrected chi connectivity index (χ0v) is 13.0. The van der Waals surface area contributed by atoms with Crippen molar-refractivity contribution in [2.75, 3.05) is 13.7 Å². The number of rotatable bonds is 3. The Hall–Kier alpha value is -0.340. The minimum Gasteiger partial charge on any atom is -0.384 e. The highest BCUT2D eigenvalue weighted by Gasteiger charge is 2.29. The summed E-state index contributed by atoms with van der Waals surface area (Å²) in [7, 11) is 1.78. The van der Waals surface area contributed by atoms with Crippen LogP contribution in [-0.4, -0.2) is 25.4 Å². The maximum absolute atomic E-state index is 10.1. The highest BCUT2D eigenvalue weighted by molar-refractivity contribution is 6.20. The molecule has 0 spiro atoms.